The minimum absolute atomic E-state index is 0.305. The molecule has 9 nitrogen and oxygen atoms in total. The molecule has 150 valence electrons. The van der Waals surface area contributed by atoms with E-state index in [1.165, 1.54) is 6.07 Å². The summed E-state index contributed by atoms with van der Waals surface area (Å²) in [6.07, 6.45) is 0. The van der Waals surface area contributed by atoms with E-state index in [0.29, 0.717) is 39.5 Å². The SMILES string of the molecule is O=C(Nc1cccc(-c2nn[nH]n2)c1)c1cccc(N2C(=O)c3ccccc3C2=O)c1. The van der Waals surface area contributed by atoms with Crippen LogP contribution in [0.1, 0.15) is 31.1 Å². The van der Waals surface area contributed by atoms with Gasteiger partial charge in [-0.2, -0.15) is 5.21 Å². The summed E-state index contributed by atoms with van der Waals surface area (Å²) in [5, 5.41) is 16.6. The topological polar surface area (TPSA) is 121 Å². The Balaban J connectivity index is 1.40. The number of imide groups is 1. The summed E-state index contributed by atoms with van der Waals surface area (Å²) in [5.41, 5.74) is 2.56. The van der Waals surface area contributed by atoms with Gasteiger partial charge in [0.15, 0.2) is 0 Å². The first-order valence-corrected chi connectivity index (χ1v) is 9.35. The summed E-state index contributed by atoms with van der Waals surface area (Å²) in [6.45, 7) is 0. The lowest BCUT2D eigenvalue weighted by molar-refractivity contribution is 0.0924. The molecule has 31 heavy (non-hydrogen) atoms. The Bertz CT molecular complexity index is 1300. The summed E-state index contributed by atoms with van der Waals surface area (Å²) in [4.78, 5) is 39.3. The van der Waals surface area contributed by atoms with E-state index in [1.54, 1.807) is 66.7 Å². The van der Waals surface area contributed by atoms with Crippen LogP contribution in [-0.2, 0) is 0 Å². The van der Waals surface area contributed by atoms with Crippen LogP contribution in [-0.4, -0.2) is 38.3 Å². The number of benzene rings is 3. The van der Waals surface area contributed by atoms with E-state index in [9.17, 15) is 14.4 Å². The van der Waals surface area contributed by atoms with Crippen molar-refractivity contribution in [3.63, 3.8) is 0 Å². The molecular formula is C22H14N6O3. The number of nitrogens with zero attached hydrogens (tertiary/aromatic N) is 4. The highest BCUT2D eigenvalue weighted by Gasteiger charge is 2.36. The minimum atomic E-state index is -0.411. The first-order chi connectivity index (χ1) is 15.1. The molecule has 0 unspecified atom stereocenters. The van der Waals surface area contributed by atoms with Crippen molar-refractivity contribution in [1.29, 1.82) is 0 Å². The molecule has 2 N–H and O–H groups in total. The zero-order chi connectivity index (χ0) is 21.4. The average molecular weight is 410 g/mol. The van der Waals surface area contributed by atoms with Crippen molar-refractivity contribution in [1.82, 2.24) is 20.6 Å². The molecule has 1 aliphatic rings. The molecule has 5 rings (SSSR count). The summed E-state index contributed by atoms with van der Waals surface area (Å²) < 4.78 is 0. The van der Waals surface area contributed by atoms with Crippen LogP contribution in [0.2, 0.25) is 0 Å². The van der Waals surface area contributed by atoms with Crippen LogP contribution >= 0.6 is 0 Å². The molecule has 0 bridgehead atoms. The van der Waals surface area contributed by atoms with Gasteiger partial charge in [0, 0.05) is 16.8 Å². The van der Waals surface area contributed by atoms with E-state index in [1.807, 2.05) is 0 Å². The lowest BCUT2D eigenvalue weighted by Crippen LogP contribution is -2.29. The van der Waals surface area contributed by atoms with E-state index in [2.05, 4.69) is 25.9 Å². The Morgan fingerprint density at radius 2 is 1.61 bits per heavy atom. The lowest BCUT2D eigenvalue weighted by atomic mass is 10.1. The number of rotatable bonds is 4. The summed E-state index contributed by atoms with van der Waals surface area (Å²) >= 11 is 0. The lowest BCUT2D eigenvalue weighted by Gasteiger charge is -2.15. The van der Waals surface area contributed by atoms with Crippen LogP contribution in [0, 0.1) is 0 Å². The number of aromatic amines is 1. The maximum atomic E-state index is 12.8. The first kappa shape index (κ1) is 18.4. The number of aromatic nitrogens is 4. The first-order valence-electron chi connectivity index (χ1n) is 9.35. The number of carbonyl (C=O) groups is 3. The molecule has 3 aromatic carbocycles. The Labute approximate surface area is 175 Å². The second-order valence-electron chi connectivity index (χ2n) is 6.81. The van der Waals surface area contributed by atoms with Crippen LogP contribution in [0.3, 0.4) is 0 Å². The van der Waals surface area contributed by atoms with Gasteiger partial charge in [0.05, 0.1) is 16.8 Å². The summed E-state index contributed by atoms with van der Waals surface area (Å²) in [6, 6.07) is 20.0. The second-order valence-corrected chi connectivity index (χ2v) is 6.81. The van der Waals surface area contributed by atoms with Crippen LogP contribution in [0.25, 0.3) is 11.4 Å². The molecule has 0 saturated heterocycles. The van der Waals surface area contributed by atoms with Crippen LogP contribution in [0.4, 0.5) is 11.4 Å². The van der Waals surface area contributed by atoms with Crippen LogP contribution in [0.5, 0.6) is 0 Å². The van der Waals surface area contributed by atoms with Gasteiger partial charge in [0.1, 0.15) is 0 Å². The Morgan fingerprint density at radius 3 is 2.32 bits per heavy atom. The van der Waals surface area contributed by atoms with Gasteiger partial charge in [-0.15, -0.1) is 10.2 Å². The van der Waals surface area contributed by atoms with Gasteiger partial charge >= 0.3 is 0 Å². The number of amides is 3. The molecule has 0 radical (unpaired) electrons. The molecule has 0 saturated carbocycles. The second kappa shape index (κ2) is 7.30. The van der Waals surface area contributed by atoms with E-state index < -0.39 is 11.8 Å². The molecule has 4 aromatic rings. The number of nitrogens with one attached hydrogen (secondary N) is 2. The third kappa shape index (κ3) is 3.23. The van der Waals surface area contributed by atoms with Crippen molar-refractivity contribution in [3.8, 4) is 11.4 Å². The Morgan fingerprint density at radius 1 is 0.871 bits per heavy atom. The maximum absolute atomic E-state index is 12.8. The third-order valence-electron chi connectivity index (χ3n) is 4.88. The number of H-pyrrole nitrogens is 1. The highest BCUT2D eigenvalue weighted by Crippen LogP contribution is 2.29. The zero-order valence-corrected chi connectivity index (χ0v) is 15.9. The minimum Gasteiger partial charge on any atom is -0.322 e. The third-order valence-corrected chi connectivity index (χ3v) is 4.88. The van der Waals surface area contributed by atoms with Gasteiger partial charge in [0.2, 0.25) is 5.82 Å². The van der Waals surface area contributed by atoms with Gasteiger partial charge in [-0.3, -0.25) is 14.4 Å². The van der Waals surface area contributed by atoms with E-state index in [4.69, 9.17) is 0 Å². The molecule has 2 heterocycles. The summed E-state index contributed by atoms with van der Waals surface area (Å²) in [5.74, 6) is -0.801. The van der Waals surface area contributed by atoms with Gasteiger partial charge < -0.3 is 5.32 Å². The van der Waals surface area contributed by atoms with Crippen molar-refractivity contribution in [2.45, 2.75) is 0 Å². The number of hydrogen-bond acceptors (Lipinski definition) is 6. The molecule has 0 spiro atoms. The Kier molecular flexibility index (Phi) is 4.33. The van der Waals surface area contributed by atoms with Crippen LogP contribution in [0.15, 0.2) is 72.8 Å². The van der Waals surface area contributed by atoms with Crippen molar-refractivity contribution < 1.29 is 14.4 Å². The molecule has 0 atom stereocenters. The fourth-order valence-corrected chi connectivity index (χ4v) is 3.43. The molecular weight excluding hydrogens is 396 g/mol. The largest absolute Gasteiger partial charge is 0.322 e. The van der Waals surface area contributed by atoms with Crippen molar-refractivity contribution in [2.75, 3.05) is 10.2 Å². The standard InChI is InChI=1S/C22H14N6O3/c29-20(23-15-7-3-5-13(11-15)19-24-26-27-25-19)14-6-4-8-16(12-14)28-21(30)17-9-1-2-10-18(17)22(28)31/h1-12H,(H,23,29)(H,24,25,26,27). The number of anilines is 2. The van der Waals surface area contributed by atoms with Gasteiger partial charge in [-0.1, -0.05) is 30.3 Å². The molecule has 0 aliphatic carbocycles. The normalized spacial score (nSPS) is 12.7. The number of carbonyl (C=O) groups excluding carboxylic acids is 3. The number of hydrogen-bond donors (Lipinski definition) is 2. The highest BCUT2D eigenvalue weighted by molar-refractivity contribution is 6.34. The fourth-order valence-electron chi connectivity index (χ4n) is 3.43. The molecule has 1 aromatic heterocycles. The van der Waals surface area contributed by atoms with E-state index in [-0.39, 0.29) is 5.91 Å². The van der Waals surface area contributed by atoms with Crippen molar-refractivity contribution >= 4 is 29.1 Å². The fraction of sp³-hybridized carbons (Fsp3) is 0. The van der Waals surface area contributed by atoms with Gasteiger partial charge in [-0.05, 0) is 47.7 Å². The smallest absolute Gasteiger partial charge is 0.266 e. The van der Waals surface area contributed by atoms with E-state index in [0.717, 1.165) is 4.90 Å². The molecule has 3 amide bonds. The van der Waals surface area contributed by atoms with Crippen LogP contribution < -0.4 is 10.2 Å². The summed E-state index contributed by atoms with van der Waals surface area (Å²) in [7, 11) is 0. The predicted octanol–water partition coefficient (Wildman–Crippen LogP) is 2.92. The quantitative estimate of drug-likeness (QED) is 0.499. The predicted molar refractivity (Wildman–Crippen MR) is 112 cm³/mol. The average Bonchev–Trinajstić information content (AvgIpc) is 3.42. The van der Waals surface area contributed by atoms with Gasteiger partial charge in [-0.25, -0.2) is 4.90 Å². The Hall–Kier alpha value is -4.66. The molecule has 1 aliphatic heterocycles. The van der Waals surface area contributed by atoms with Crippen molar-refractivity contribution in [2.24, 2.45) is 0 Å². The maximum Gasteiger partial charge on any atom is 0.266 e. The molecule has 9 heteroatoms. The highest BCUT2D eigenvalue weighted by atomic mass is 16.2. The van der Waals surface area contributed by atoms with Crippen molar-refractivity contribution in [3.05, 3.63) is 89.5 Å². The zero-order valence-electron chi connectivity index (χ0n) is 15.9. The number of fused-ring (bicyclic) bond motifs is 1. The van der Waals surface area contributed by atoms with Gasteiger partial charge in [0.25, 0.3) is 17.7 Å². The van der Waals surface area contributed by atoms with E-state index >= 15 is 0 Å². The number of tetrazole rings is 1. The monoisotopic (exact) mass is 410 g/mol. The molecule has 0 fully saturated rings.